The van der Waals surface area contributed by atoms with Crippen molar-refractivity contribution in [1.82, 2.24) is 19.2 Å². The van der Waals surface area contributed by atoms with Crippen molar-refractivity contribution in [2.45, 2.75) is 20.4 Å². The third kappa shape index (κ3) is 4.07. The Balaban J connectivity index is 1.84. The van der Waals surface area contributed by atoms with E-state index in [2.05, 4.69) is 10.4 Å². The van der Waals surface area contributed by atoms with Crippen LogP contribution in [0.5, 0.6) is 0 Å². The van der Waals surface area contributed by atoms with E-state index in [0.29, 0.717) is 16.3 Å². The van der Waals surface area contributed by atoms with E-state index in [1.165, 1.54) is 0 Å². The van der Waals surface area contributed by atoms with Gasteiger partial charge in [-0.2, -0.15) is 5.10 Å². The maximum absolute atomic E-state index is 12.8. The molecule has 1 aromatic carbocycles. The van der Waals surface area contributed by atoms with Gasteiger partial charge < -0.3 is 14.8 Å². The van der Waals surface area contributed by atoms with E-state index in [-0.39, 0.29) is 5.91 Å². The molecule has 0 unspecified atom stereocenters. The van der Waals surface area contributed by atoms with Crippen LogP contribution in [0.25, 0.3) is 5.82 Å². The van der Waals surface area contributed by atoms with Crippen molar-refractivity contribution in [2.24, 2.45) is 7.05 Å². The Bertz CT molecular complexity index is 986. The summed E-state index contributed by atoms with van der Waals surface area (Å²) in [5.74, 6) is 0.629. The van der Waals surface area contributed by atoms with E-state index in [1.807, 2.05) is 74.9 Å². The maximum atomic E-state index is 12.8. The average molecular weight is 386 g/mol. The van der Waals surface area contributed by atoms with Crippen molar-refractivity contribution in [3.05, 3.63) is 64.1 Å². The fourth-order valence-corrected chi connectivity index (χ4v) is 3.40. The van der Waals surface area contributed by atoms with Crippen molar-refractivity contribution >= 4 is 23.2 Å². The van der Waals surface area contributed by atoms with Gasteiger partial charge >= 0.3 is 0 Å². The second-order valence-electron chi connectivity index (χ2n) is 6.97. The summed E-state index contributed by atoms with van der Waals surface area (Å²) in [6, 6.07) is 9.40. The van der Waals surface area contributed by atoms with Crippen LogP contribution in [0.15, 0.2) is 36.5 Å². The number of carbonyl (C=O) groups is 1. The molecule has 2 heterocycles. The van der Waals surface area contributed by atoms with Crippen LogP contribution >= 0.6 is 11.6 Å². The van der Waals surface area contributed by atoms with Crippen LogP contribution in [-0.4, -0.2) is 39.3 Å². The Labute approximate surface area is 164 Å². The number of aromatic nitrogens is 3. The fraction of sp³-hybridized carbons (Fsp3) is 0.300. The van der Waals surface area contributed by atoms with Crippen molar-refractivity contribution in [3.8, 4) is 5.82 Å². The summed E-state index contributed by atoms with van der Waals surface area (Å²) in [6.07, 6.45) is 1.88. The zero-order chi connectivity index (χ0) is 19.7. The molecule has 0 aliphatic carbocycles. The number of benzene rings is 1. The van der Waals surface area contributed by atoms with E-state index in [0.717, 1.165) is 29.3 Å². The fourth-order valence-electron chi connectivity index (χ4n) is 3.16. The standard InChI is InChI=1S/C20H24ClN5O/c1-13-10-17(14(2)26(13)19-8-9-25(5)23-19)20(27)22-16-7-6-15(12-24(3)4)18(21)11-16/h6-11H,12H2,1-5H3,(H,22,27). The molecule has 0 bridgehead atoms. The number of amides is 1. The predicted octanol–water partition coefficient (Wildman–Crippen LogP) is 3.79. The van der Waals surface area contributed by atoms with Crippen molar-refractivity contribution in [2.75, 3.05) is 19.4 Å². The molecule has 0 radical (unpaired) electrons. The quantitative estimate of drug-likeness (QED) is 0.726. The first-order chi connectivity index (χ1) is 12.8. The normalized spacial score (nSPS) is 11.2. The number of nitrogens with zero attached hydrogens (tertiary/aromatic N) is 4. The first-order valence-corrected chi connectivity index (χ1v) is 9.07. The van der Waals surface area contributed by atoms with Gasteiger partial charge in [-0.05, 0) is 51.7 Å². The zero-order valence-electron chi connectivity index (χ0n) is 16.2. The number of halogens is 1. The number of anilines is 1. The zero-order valence-corrected chi connectivity index (χ0v) is 17.0. The summed E-state index contributed by atoms with van der Waals surface area (Å²) >= 11 is 6.35. The van der Waals surface area contributed by atoms with Gasteiger partial charge in [0.25, 0.3) is 5.91 Å². The minimum absolute atomic E-state index is 0.165. The number of rotatable bonds is 5. The average Bonchev–Trinajstić information content (AvgIpc) is 3.12. The number of hydrogen-bond donors (Lipinski definition) is 1. The largest absolute Gasteiger partial charge is 0.322 e. The van der Waals surface area contributed by atoms with E-state index in [1.54, 1.807) is 10.7 Å². The second-order valence-corrected chi connectivity index (χ2v) is 7.37. The monoisotopic (exact) mass is 385 g/mol. The highest BCUT2D eigenvalue weighted by atomic mass is 35.5. The molecule has 0 spiro atoms. The van der Waals surface area contributed by atoms with Crippen molar-refractivity contribution in [3.63, 3.8) is 0 Å². The van der Waals surface area contributed by atoms with Crippen molar-refractivity contribution < 1.29 is 4.79 Å². The molecule has 1 N–H and O–H groups in total. The van der Waals surface area contributed by atoms with Gasteiger partial charge in [-0.15, -0.1) is 0 Å². The molecule has 142 valence electrons. The third-order valence-corrected chi connectivity index (χ3v) is 4.75. The number of hydrogen-bond acceptors (Lipinski definition) is 3. The number of carbonyl (C=O) groups excluding carboxylic acids is 1. The highest BCUT2D eigenvalue weighted by Gasteiger charge is 2.18. The van der Waals surface area contributed by atoms with E-state index in [4.69, 9.17) is 11.6 Å². The van der Waals surface area contributed by atoms with Crippen LogP contribution in [0.4, 0.5) is 5.69 Å². The summed E-state index contributed by atoms with van der Waals surface area (Å²) in [5.41, 5.74) is 4.12. The summed E-state index contributed by atoms with van der Waals surface area (Å²) in [6.45, 7) is 4.63. The van der Waals surface area contributed by atoms with E-state index < -0.39 is 0 Å². The van der Waals surface area contributed by atoms with Gasteiger partial charge in [0.2, 0.25) is 0 Å². The molecule has 0 aliphatic rings. The Kier molecular flexibility index (Phi) is 5.39. The highest BCUT2D eigenvalue weighted by molar-refractivity contribution is 6.31. The van der Waals surface area contributed by atoms with E-state index >= 15 is 0 Å². The summed E-state index contributed by atoms with van der Waals surface area (Å²) < 4.78 is 3.72. The molecule has 1 amide bonds. The predicted molar refractivity (Wildman–Crippen MR) is 109 cm³/mol. The minimum atomic E-state index is -0.165. The molecule has 0 saturated carbocycles. The van der Waals surface area contributed by atoms with Gasteiger partial charge in [-0.3, -0.25) is 9.48 Å². The first-order valence-electron chi connectivity index (χ1n) is 8.69. The molecule has 0 atom stereocenters. The van der Waals surface area contributed by atoms with Crippen LogP contribution in [0, 0.1) is 13.8 Å². The molecule has 27 heavy (non-hydrogen) atoms. The Morgan fingerprint density at radius 3 is 2.56 bits per heavy atom. The Morgan fingerprint density at radius 2 is 1.96 bits per heavy atom. The van der Waals surface area contributed by atoms with Gasteiger partial charge in [-0.1, -0.05) is 17.7 Å². The van der Waals surface area contributed by atoms with Crippen LogP contribution < -0.4 is 5.32 Å². The van der Waals surface area contributed by atoms with Gasteiger partial charge in [-0.25, -0.2) is 0 Å². The summed E-state index contributed by atoms with van der Waals surface area (Å²) in [5, 5.41) is 8.01. The molecule has 3 rings (SSSR count). The molecule has 0 saturated heterocycles. The second kappa shape index (κ2) is 7.58. The molecule has 6 nitrogen and oxygen atoms in total. The molecule has 3 aromatic rings. The smallest absolute Gasteiger partial charge is 0.257 e. The lowest BCUT2D eigenvalue weighted by atomic mass is 10.1. The van der Waals surface area contributed by atoms with E-state index in [9.17, 15) is 4.79 Å². The van der Waals surface area contributed by atoms with Gasteiger partial charge in [0.05, 0.1) is 5.56 Å². The number of nitrogens with one attached hydrogen (secondary N) is 1. The van der Waals surface area contributed by atoms with Crippen LogP contribution in [0.1, 0.15) is 27.3 Å². The Morgan fingerprint density at radius 1 is 1.22 bits per heavy atom. The topological polar surface area (TPSA) is 55.1 Å². The van der Waals surface area contributed by atoms with Gasteiger partial charge in [0, 0.05) is 48.0 Å². The lowest BCUT2D eigenvalue weighted by molar-refractivity contribution is 0.102. The Hall–Kier alpha value is -2.57. The summed E-state index contributed by atoms with van der Waals surface area (Å²) in [4.78, 5) is 14.9. The van der Waals surface area contributed by atoms with Gasteiger partial charge in [0.15, 0.2) is 5.82 Å². The van der Waals surface area contributed by atoms with Gasteiger partial charge in [0.1, 0.15) is 0 Å². The van der Waals surface area contributed by atoms with Crippen molar-refractivity contribution in [1.29, 1.82) is 0 Å². The molecule has 0 fully saturated rings. The summed E-state index contributed by atoms with van der Waals surface area (Å²) in [7, 11) is 5.85. The molecular weight excluding hydrogens is 362 g/mol. The molecule has 7 heteroatoms. The first kappa shape index (κ1) is 19.2. The van der Waals surface area contributed by atoms with Crippen LogP contribution in [-0.2, 0) is 13.6 Å². The maximum Gasteiger partial charge on any atom is 0.257 e. The molecule has 2 aromatic heterocycles. The lowest BCUT2D eigenvalue weighted by Gasteiger charge is -2.13. The molecular formula is C20H24ClN5O. The highest BCUT2D eigenvalue weighted by Crippen LogP contribution is 2.24. The SMILES string of the molecule is Cc1cc(C(=O)Nc2ccc(CN(C)C)c(Cl)c2)c(C)n1-c1ccn(C)n1. The third-order valence-electron chi connectivity index (χ3n) is 4.40. The lowest BCUT2D eigenvalue weighted by Crippen LogP contribution is -2.14. The van der Waals surface area contributed by atoms with Crippen LogP contribution in [0.2, 0.25) is 5.02 Å². The minimum Gasteiger partial charge on any atom is -0.322 e. The van der Waals surface area contributed by atoms with Crippen LogP contribution in [0.3, 0.4) is 0 Å². The molecule has 0 aliphatic heterocycles. The number of aryl methyl sites for hydroxylation is 2.